The molecular weight excluding hydrogens is 474 g/mol. The number of nitrogens with zero attached hydrogens (tertiary/aromatic N) is 5. The number of pyridine rings is 1. The molecule has 0 amide bonds. The second-order valence-corrected chi connectivity index (χ2v) is 9.35. The standard InChI is InChI=1S/C27H23N5O3S/c33-26-20-10-5-4-9-19(20)24(27(34)35)23(32(26)18-7-2-1-3-8-18)17-30-13-15-31(16-14-30)22-12-6-11-21-25(22)29-36-28-21/h1-12H,13-17H2,(H,34,35). The Morgan fingerprint density at radius 3 is 2.33 bits per heavy atom. The zero-order chi connectivity index (χ0) is 24.6. The summed E-state index contributed by atoms with van der Waals surface area (Å²) in [7, 11) is 0. The minimum absolute atomic E-state index is 0.176. The number of anilines is 1. The average molecular weight is 498 g/mol. The van der Waals surface area contributed by atoms with Gasteiger partial charge in [0.2, 0.25) is 0 Å². The molecule has 0 aliphatic carbocycles. The molecule has 0 atom stereocenters. The van der Waals surface area contributed by atoms with E-state index in [0.29, 0.717) is 28.7 Å². The number of aromatic nitrogens is 3. The highest BCUT2D eigenvalue weighted by Gasteiger charge is 2.26. The molecule has 9 heteroatoms. The third-order valence-corrected chi connectivity index (χ3v) is 7.31. The maximum Gasteiger partial charge on any atom is 0.338 e. The summed E-state index contributed by atoms with van der Waals surface area (Å²) in [5.41, 5.74) is 4.00. The molecule has 0 saturated carbocycles. The number of carboxylic acids is 1. The van der Waals surface area contributed by atoms with Crippen LogP contribution in [0.25, 0.3) is 27.5 Å². The van der Waals surface area contributed by atoms with Gasteiger partial charge in [-0.15, -0.1) is 0 Å². The van der Waals surface area contributed by atoms with Gasteiger partial charge in [0.25, 0.3) is 5.56 Å². The molecule has 1 aliphatic rings. The summed E-state index contributed by atoms with van der Waals surface area (Å²) in [5, 5.41) is 11.1. The topological polar surface area (TPSA) is 91.6 Å². The molecule has 8 nitrogen and oxygen atoms in total. The minimum Gasteiger partial charge on any atom is -0.478 e. The van der Waals surface area contributed by atoms with Crippen molar-refractivity contribution in [3.05, 3.63) is 94.4 Å². The van der Waals surface area contributed by atoms with Crippen molar-refractivity contribution in [1.29, 1.82) is 0 Å². The summed E-state index contributed by atoms with van der Waals surface area (Å²) >= 11 is 1.21. The zero-order valence-electron chi connectivity index (χ0n) is 19.4. The smallest absolute Gasteiger partial charge is 0.338 e. The van der Waals surface area contributed by atoms with Crippen molar-refractivity contribution in [2.45, 2.75) is 6.54 Å². The Balaban J connectivity index is 1.38. The molecule has 5 aromatic rings. The number of aromatic carboxylic acids is 1. The van der Waals surface area contributed by atoms with Crippen molar-refractivity contribution in [3.8, 4) is 5.69 Å². The number of hydrogen-bond donors (Lipinski definition) is 1. The Kier molecular flexibility index (Phi) is 5.71. The molecule has 6 rings (SSSR count). The largest absolute Gasteiger partial charge is 0.478 e. The van der Waals surface area contributed by atoms with Crippen LogP contribution in [0.1, 0.15) is 16.1 Å². The van der Waals surface area contributed by atoms with Crippen LogP contribution in [0.15, 0.2) is 77.6 Å². The lowest BCUT2D eigenvalue weighted by Crippen LogP contribution is -2.46. The Bertz CT molecular complexity index is 1640. The molecule has 0 spiro atoms. The van der Waals surface area contributed by atoms with Crippen molar-refractivity contribution in [3.63, 3.8) is 0 Å². The third-order valence-electron chi connectivity index (χ3n) is 6.77. The molecule has 1 N–H and O–H groups in total. The summed E-state index contributed by atoms with van der Waals surface area (Å²) in [4.78, 5) is 30.7. The third kappa shape index (κ3) is 3.82. The van der Waals surface area contributed by atoms with E-state index in [4.69, 9.17) is 0 Å². The van der Waals surface area contributed by atoms with E-state index in [1.54, 1.807) is 28.8 Å². The van der Waals surface area contributed by atoms with E-state index in [2.05, 4.69) is 24.6 Å². The highest BCUT2D eigenvalue weighted by molar-refractivity contribution is 7.00. The van der Waals surface area contributed by atoms with Crippen molar-refractivity contribution in [1.82, 2.24) is 18.2 Å². The summed E-state index contributed by atoms with van der Waals surface area (Å²) in [6, 6.07) is 22.3. The average Bonchev–Trinajstić information content (AvgIpc) is 3.39. The quantitative estimate of drug-likeness (QED) is 0.392. The number of carbonyl (C=O) groups is 1. The predicted octanol–water partition coefficient (Wildman–Crippen LogP) is 4.02. The molecule has 1 aliphatic heterocycles. The Labute approximate surface area is 211 Å². The van der Waals surface area contributed by atoms with E-state index in [1.807, 2.05) is 42.5 Å². The summed E-state index contributed by atoms with van der Waals surface area (Å²) in [6.45, 7) is 3.34. The lowest BCUT2D eigenvalue weighted by atomic mass is 10.0. The first kappa shape index (κ1) is 22.4. The fourth-order valence-corrected chi connectivity index (χ4v) is 5.59. The van der Waals surface area contributed by atoms with Crippen molar-refractivity contribution < 1.29 is 9.90 Å². The van der Waals surface area contributed by atoms with E-state index in [1.165, 1.54) is 11.7 Å². The van der Waals surface area contributed by atoms with E-state index in [-0.39, 0.29) is 11.1 Å². The van der Waals surface area contributed by atoms with Crippen LogP contribution in [0.4, 0.5) is 5.69 Å². The number of carboxylic acid groups (broad SMARTS) is 1. The van der Waals surface area contributed by atoms with Gasteiger partial charge in [-0.1, -0.05) is 42.5 Å². The van der Waals surface area contributed by atoms with E-state index in [0.717, 1.165) is 42.9 Å². The van der Waals surface area contributed by atoms with Gasteiger partial charge in [0.1, 0.15) is 11.0 Å². The van der Waals surface area contributed by atoms with E-state index >= 15 is 0 Å². The first-order chi connectivity index (χ1) is 17.6. The van der Waals surface area contributed by atoms with Gasteiger partial charge in [0.15, 0.2) is 0 Å². The Morgan fingerprint density at radius 1 is 0.861 bits per heavy atom. The number of piperazine rings is 1. The monoisotopic (exact) mass is 497 g/mol. The highest BCUT2D eigenvalue weighted by atomic mass is 32.1. The molecule has 0 bridgehead atoms. The van der Waals surface area contributed by atoms with Gasteiger partial charge in [0, 0.05) is 49.2 Å². The molecule has 3 heterocycles. The summed E-state index contributed by atoms with van der Waals surface area (Å²) in [5.74, 6) is -1.03. The fraction of sp³-hybridized carbons (Fsp3) is 0.185. The van der Waals surface area contributed by atoms with Crippen LogP contribution < -0.4 is 10.5 Å². The lowest BCUT2D eigenvalue weighted by Gasteiger charge is -2.36. The molecule has 180 valence electrons. The first-order valence-electron chi connectivity index (χ1n) is 11.8. The second kappa shape index (κ2) is 9.18. The van der Waals surface area contributed by atoms with Crippen LogP contribution in [0, 0.1) is 0 Å². The molecule has 0 radical (unpaired) electrons. The molecule has 1 fully saturated rings. The molecule has 0 unspecified atom stereocenters. The minimum atomic E-state index is -1.03. The zero-order valence-corrected chi connectivity index (χ0v) is 20.2. The van der Waals surface area contributed by atoms with E-state index in [9.17, 15) is 14.7 Å². The summed E-state index contributed by atoms with van der Waals surface area (Å²) < 4.78 is 10.4. The maximum atomic E-state index is 13.6. The van der Waals surface area contributed by atoms with Crippen LogP contribution in [-0.4, -0.2) is 55.5 Å². The van der Waals surface area contributed by atoms with Gasteiger partial charge < -0.3 is 10.0 Å². The molecule has 3 aromatic carbocycles. The van der Waals surface area contributed by atoms with Gasteiger partial charge in [-0.05, 0) is 30.3 Å². The van der Waals surface area contributed by atoms with Gasteiger partial charge in [-0.3, -0.25) is 14.3 Å². The highest BCUT2D eigenvalue weighted by Crippen LogP contribution is 2.28. The normalized spacial score (nSPS) is 14.5. The Hall–Kier alpha value is -4.08. The fourth-order valence-electron chi connectivity index (χ4n) is 5.04. The van der Waals surface area contributed by atoms with Crippen molar-refractivity contribution in [2.75, 3.05) is 31.1 Å². The molecule has 36 heavy (non-hydrogen) atoms. The maximum absolute atomic E-state index is 13.6. The predicted molar refractivity (Wildman–Crippen MR) is 141 cm³/mol. The molecule has 2 aromatic heterocycles. The van der Waals surface area contributed by atoms with Crippen molar-refractivity contribution in [2.24, 2.45) is 0 Å². The van der Waals surface area contributed by atoms with Crippen LogP contribution >= 0.6 is 11.7 Å². The number of para-hydroxylation sites is 1. The SMILES string of the molecule is O=C(O)c1c(CN2CCN(c3cccc4nsnc34)CC2)n(-c2ccccc2)c(=O)c2ccccc12. The van der Waals surface area contributed by atoms with Crippen LogP contribution in [0.5, 0.6) is 0 Å². The number of benzene rings is 3. The second-order valence-electron chi connectivity index (χ2n) is 8.82. The summed E-state index contributed by atoms with van der Waals surface area (Å²) in [6.07, 6.45) is 0. The van der Waals surface area contributed by atoms with Crippen LogP contribution in [-0.2, 0) is 6.54 Å². The number of rotatable bonds is 5. The molecule has 1 saturated heterocycles. The Morgan fingerprint density at radius 2 is 1.58 bits per heavy atom. The van der Waals surface area contributed by atoms with Gasteiger partial charge in [-0.2, -0.15) is 8.75 Å². The van der Waals surface area contributed by atoms with Crippen molar-refractivity contribution >= 4 is 45.2 Å². The number of fused-ring (bicyclic) bond motifs is 2. The number of hydrogen-bond acceptors (Lipinski definition) is 7. The van der Waals surface area contributed by atoms with Crippen LogP contribution in [0.2, 0.25) is 0 Å². The van der Waals surface area contributed by atoms with Gasteiger partial charge in [0.05, 0.1) is 28.7 Å². The molecular formula is C27H23N5O3S. The van der Waals surface area contributed by atoms with E-state index < -0.39 is 5.97 Å². The van der Waals surface area contributed by atoms with Crippen LogP contribution in [0.3, 0.4) is 0 Å². The van der Waals surface area contributed by atoms with Gasteiger partial charge in [-0.25, -0.2) is 4.79 Å². The first-order valence-corrected chi connectivity index (χ1v) is 12.5. The van der Waals surface area contributed by atoms with Gasteiger partial charge >= 0.3 is 5.97 Å². The lowest BCUT2D eigenvalue weighted by molar-refractivity contribution is 0.0695.